The van der Waals surface area contributed by atoms with Gasteiger partial charge in [0.2, 0.25) is 0 Å². The van der Waals surface area contributed by atoms with Gasteiger partial charge in [-0.2, -0.15) is 0 Å². The van der Waals surface area contributed by atoms with Crippen LogP contribution in [0.15, 0.2) is 46.7 Å². The molecule has 0 spiro atoms. The summed E-state index contributed by atoms with van der Waals surface area (Å²) in [6.45, 7) is 4.48. The molecule has 1 aromatic carbocycles. The number of hydrogen-bond donors (Lipinski definition) is 0. The van der Waals surface area contributed by atoms with E-state index in [4.69, 9.17) is 4.74 Å². The van der Waals surface area contributed by atoms with E-state index in [-0.39, 0.29) is 5.56 Å². The molecule has 3 heterocycles. The fourth-order valence-electron chi connectivity index (χ4n) is 4.41. The molecule has 0 radical (unpaired) electrons. The van der Waals surface area contributed by atoms with Gasteiger partial charge in [0.15, 0.2) is 0 Å². The number of aryl methyl sites for hydroxylation is 2. The Morgan fingerprint density at radius 1 is 1.25 bits per heavy atom. The minimum Gasteiger partial charge on any atom is -0.486 e. The zero-order chi connectivity index (χ0) is 22.1. The van der Waals surface area contributed by atoms with Crippen LogP contribution in [0.4, 0.5) is 4.39 Å². The summed E-state index contributed by atoms with van der Waals surface area (Å²) < 4.78 is 20.9. The molecular weight excluding hydrogens is 425 g/mol. The minimum atomic E-state index is -0.690. The summed E-state index contributed by atoms with van der Waals surface area (Å²) in [5, 5.41) is 2.88. The number of alkyl halides is 1. The van der Waals surface area contributed by atoms with Crippen LogP contribution in [0.1, 0.15) is 40.2 Å². The number of fused-ring (bicyclic) bond motifs is 1. The maximum absolute atomic E-state index is 13.4. The summed E-state index contributed by atoms with van der Waals surface area (Å²) in [6, 6.07) is 9.83. The van der Waals surface area contributed by atoms with Crippen molar-refractivity contribution in [3.8, 4) is 5.75 Å². The first-order valence-corrected chi connectivity index (χ1v) is 11.9. The second-order valence-corrected chi connectivity index (χ2v) is 9.47. The second-order valence-electron chi connectivity index (χ2n) is 8.53. The number of likely N-dealkylation sites (tertiary alicyclic amines) is 1. The van der Waals surface area contributed by atoms with Crippen molar-refractivity contribution in [2.45, 2.75) is 45.5 Å². The third kappa shape index (κ3) is 4.69. The van der Waals surface area contributed by atoms with Crippen molar-refractivity contribution in [3.63, 3.8) is 0 Å². The highest BCUT2D eigenvalue weighted by Gasteiger charge is 2.22. The van der Waals surface area contributed by atoms with Crippen LogP contribution >= 0.6 is 11.3 Å². The molecule has 0 amide bonds. The fourth-order valence-corrected chi connectivity index (χ4v) is 5.09. The van der Waals surface area contributed by atoms with E-state index in [2.05, 4.69) is 34.2 Å². The van der Waals surface area contributed by atoms with E-state index in [0.717, 1.165) is 47.9 Å². The average Bonchev–Trinajstić information content (AvgIpc) is 3.39. The maximum atomic E-state index is 13.4. The first kappa shape index (κ1) is 21.1. The lowest BCUT2D eigenvalue weighted by atomic mass is 9.93. The topological polar surface area (TPSA) is 47.4 Å². The van der Waals surface area contributed by atoms with Gasteiger partial charge in [-0.05, 0) is 55.0 Å². The summed E-state index contributed by atoms with van der Waals surface area (Å²) >= 11 is 1.55. The van der Waals surface area contributed by atoms with E-state index in [9.17, 15) is 9.18 Å². The molecule has 0 bridgehead atoms. The molecule has 0 saturated carbocycles. The van der Waals surface area contributed by atoms with Crippen LogP contribution in [0, 0.1) is 6.92 Å². The Kier molecular flexibility index (Phi) is 5.93. The number of aromatic nitrogens is 2. The van der Waals surface area contributed by atoms with Crippen molar-refractivity contribution in [2.24, 2.45) is 0 Å². The van der Waals surface area contributed by atoms with Crippen LogP contribution in [0.3, 0.4) is 0 Å². The van der Waals surface area contributed by atoms with E-state index < -0.39 is 6.17 Å². The minimum absolute atomic E-state index is 0.0982. The highest BCUT2D eigenvalue weighted by molar-refractivity contribution is 7.09. The summed E-state index contributed by atoms with van der Waals surface area (Å²) in [5.74, 6) is 0.554. The monoisotopic (exact) mass is 451 g/mol. The number of rotatable bonds is 6. The normalized spacial score (nSPS) is 18.4. The molecule has 3 aromatic rings. The summed E-state index contributed by atoms with van der Waals surface area (Å²) in [4.78, 5) is 19.3. The van der Waals surface area contributed by atoms with Crippen LogP contribution in [0.5, 0.6) is 5.75 Å². The van der Waals surface area contributed by atoms with E-state index in [1.54, 1.807) is 22.1 Å². The Bertz CT molecular complexity index is 1220. The van der Waals surface area contributed by atoms with E-state index in [1.807, 2.05) is 18.4 Å². The Morgan fingerprint density at radius 2 is 2.16 bits per heavy atom. The molecule has 5 nitrogen and oxygen atoms in total. The van der Waals surface area contributed by atoms with Gasteiger partial charge in [-0.3, -0.25) is 14.3 Å². The van der Waals surface area contributed by atoms with Crippen molar-refractivity contribution in [1.82, 2.24) is 14.5 Å². The van der Waals surface area contributed by atoms with Crippen LogP contribution in [-0.2, 0) is 19.6 Å². The van der Waals surface area contributed by atoms with Crippen LogP contribution in [0.2, 0.25) is 0 Å². The molecule has 1 atom stereocenters. The van der Waals surface area contributed by atoms with Gasteiger partial charge in [0.25, 0.3) is 5.56 Å². The van der Waals surface area contributed by atoms with Gasteiger partial charge in [-0.15, -0.1) is 11.3 Å². The van der Waals surface area contributed by atoms with Gasteiger partial charge in [0, 0.05) is 48.7 Å². The smallest absolute Gasteiger partial charge is 0.258 e. The second kappa shape index (κ2) is 9.00. The molecule has 1 aliphatic carbocycles. The quantitative estimate of drug-likeness (QED) is 0.546. The van der Waals surface area contributed by atoms with Gasteiger partial charge < -0.3 is 4.74 Å². The molecule has 1 saturated heterocycles. The van der Waals surface area contributed by atoms with Crippen LogP contribution < -0.4 is 10.3 Å². The van der Waals surface area contributed by atoms with Gasteiger partial charge in [0.05, 0.1) is 0 Å². The van der Waals surface area contributed by atoms with Crippen LogP contribution in [0.25, 0.3) is 11.8 Å². The Morgan fingerprint density at radius 3 is 2.91 bits per heavy atom. The number of allylic oxidation sites excluding steroid dienone is 1. The molecule has 1 fully saturated rings. The number of hydrogen-bond acceptors (Lipinski definition) is 5. The number of benzene rings is 1. The van der Waals surface area contributed by atoms with Crippen molar-refractivity contribution in [1.29, 1.82) is 0 Å². The summed E-state index contributed by atoms with van der Waals surface area (Å²) in [6.07, 6.45) is 5.51. The summed E-state index contributed by atoms with van der Waals surface area (Å²) in [7, 11) is 0. The first-order chi connectivity index (χ1) is 15.5. The number of halogens is 1. The number of ether oxygens (including phenoxy) is 1. The van der Waals surface area contributed by atoms with E-state index in [1.165, 1.54) is 17.2 Å². The SMILES string of the molecule is Cc1csc(COc2ccn(C3=Cc4ccc(CN5CCC(F)C5)cc4CC3)c(=O)c2)n1. The molecular formula is C25H26FN3O2S. The molecule has 166 valence electrons. The first-order valence-electron chi connectivity index (χ1n) is 11.0. The lowest BCUT2D eigenvalue weighted by Gasteiger charge is -2.20. The molecule has 5 rings (SSSR count). The highest BCUT2D eigenvalue weighted by Crippen LogP contribution is 2.28. The number of pyridine rings is 1. The molecule has 2 aromatic heterocycles. The molecule has 1 aliphatic heterocycles. The predicted octanol–water partition coefficient (Wildman–Crippen LogP) is 4.68. The molecule has 0 N–H and O–H groups in total. The summed E-state index contributed by atoms with van der Waals surface area (Å²) in [5.41, 5.74) is 5.52. The molecule has 32 heavy (non-hydrogen) atoms. The lowest BCUT2D eigenvalue weighted by molar-refractivity contribution is 0.282. The Balaban J connectivity index is 1.28. The van der Waals surface area contributed by atoms with Gasteiger partial charge in [-0.25, -0.2) is 9.37 Å². The van der Waals surface area contributed by atoms with E-state index >= 15 is 0 Å². The highest BCUT2D eigenvalue weighted by atomic mass is 32.1. The lowest BCUT2D eigenvalue weighted by Crippen LogP contribution is -2.21. The van der Waals surface area contributed by atoms with Crippen LogP contribution in [-0.4, -0.2) is 33.7 Å². The van der Waals surface area contributed by atoms with Crippen molar-refractivity contribution in [2.75, 3.05) is 13.1 Å². The van der Waals surface area contributed by atoms with E-state index in [0.29, 0.717) is 25.3 Å². The molecule has 7 heteroatoms. The van der Waals surface area contributed by atoms with Crippen molar-refractivity contribution in [3.05, 3.63) is 79.7 Å². The Labute approximate surface area is 190 Å². The number of nitrogens with zero attached hydrogens (tertiary/aromatic N) is 3. The maximum Gasteiger partial charge on any atom is 0.258 e. The fraction of sp³-hybridized carbons (Fsp3) is 0.360. The zero-order valence-electron chi connectivity index (χ0n) is 18.1. The largest absolute Gasteiger partial charge is 0.486 e. The predicted molar refractivity (Wildman–Crippen MR) is 126 cm³/mol. The molecule has 2 aliphatic rings. The van der Waals surface area contributed by atoms with Gasteiger partial charge >= 0.3 is 0 Å². The zero-order valence-corrected chi connectivity index (χ0v) is 18.9. The van der Waals surface area contributed by atoms with Gasteiger partial charge in [-0.1, -0.05) is 18.2 Å². The Hall–Kier alpha value is -2.77. The van der Waals surface area contributed by atoms with Gasteiger partial charge in [0.1, 0.15) is 23.5 Å². The standard InChI is InChI=1S/C25H26FN3O2S/c1-17-16-32-24(27-17)15-31-23-7-9-29(25(30)12-23)22-5-4-19-10-18(2-3-20(19)11-22)13-28-8-6-21(26)14-28/h2-3,7,9-12,16,21H,4-6,8,13-15H2,1H3. The van der Waals surface area contributed by atoms with Crippen molar-refractivity contribution >= 4 is 23.1 Å². The third-order valence-corrected chi connectivity index (χ3v) is 6.97. The van der Waals surface area contributed by atoms with Crippen molar-refractivity contribution < 1.29 is 9.13 Å². The average molecular weight is 452 g/mol. The third-order valence-electron chi connectivity index (χ3n) is 6.03. The number of thiazole rings is 1. The molecule has 1 unspecified atom stereocenters.